The lowest BCUT2D eigenvalue weighted by Gasteiger charge is -2.29. The van der Waals surface area contributed by atoms with Crippen molar-refractivity contribution in [1.82, 2.24) is 9.78 Å². The number of benzene rings is 1. The lowest BCUT2D eigenvalue weighted by Crippen LogP contribution is -2.35. The number of halogens is 3. The molecule has 22 heavy (non-hydrogen) atoms. The maximum Gasteiger partial charge on any atom is 0.314 e. The number of fused-ring (bicyclic) bond motifs is 1. The summed E-state index contributed by atoms with van der Waals surface area (Å²) in [5, 5.41) is 14.9. The molecule has 2 unspecified atom stereocenters. The lowest BCUT2D eigenvalue weighted by molar-refractivity contribution is -0.140. The smallest absolute Gasteiger partial charge is 0.314 e. The van der Waals surface area contributed by atoms with Crippen LogP contribution in [0, 0.1) is 5.92 Å². The summed E-state index contributed by atoms with van der Waals surface area (Å²) < 4.78 is 1.51. The third-order valence-electron chi connectivity index (χ3n) is 3.59. The highest BCUT2D eigenvalue weighted by Gasteiger charge is 2.39. The van der Waals surface area contributed by atoms with Crippen molar-refractivity contribution in [2.24, 2.45) is 10.9 Å². The van der Waals surface area contributed by atoms with Crippen LogP contribution in [-0.2, 0) is 4.79 Å². The van der Waals surface area contributed by atoms with Gasteiger partial charge in [0.15, 0.2) is 5.82 Å². The molecule has 0 aliphatic carbocycles. The first-order valence-electron chi connectivity index (χ1n) is 6.36. The van der Waals surface area contributed by atoms with E-state index in [9.17, 15) is 9.90 Å². The lowest BCUT2D eigenvalue weighted by atomic mass is 9.88. The Labute approximate surface area is 141 Å². The Morgan fingerprint density at radius 2 is 1.95 bits per heavy atom. The number of aliphatic imine (C=N–C) groups is 1. The standard InChI is InChI=1S/C14H10Cl3N3O2/c1-6-11(14(21)22)12(7-2-3-8(15)9(16)4-7)20-13(19-6)10(17)5-18-20/h2-5,11-12H,1H3,(H,21,22). The summed E-state index contributed by atoms with van der Waals surface area (Å²) in [4.78, 5) is 16.0. The summed E-state index contributed by atoms with van der Waals surface area (Å²) in [7, 11) is 0. The highest BCUT2D eigenvalue weighted by atomic mass is 35.5. The van der Waals surface area contributed by atoms with Gasteiger partial charge in [0.1, 0.15) is 10.9 Å². The summed E-state index contributed by atoms with van der Waals surface area (Å²) in [5.74, 6) is -1.41. The minimum Gasteiger partial charge on any atom is -0.481 e. The molecular weight excluding hydrogens is 349 g/mol. The molecule has 1 aliphatic heterocycles. The van der Waals surface area contributed by atoms with Gasteiger partial charge in [0.05, 0.1) is 22.3 Å². The van der Waals surface area contributed by atoms with Crippen LogP contribution < -0.4 is 0 Å². The van der Waals surface area contributed by atoms with Gasteiger partial charge in [0, 0.05) is 5.71 Å². The van der Waals surface area contributed by atoms with Gasteiger partial charge in [-0.1, -0.05) is 40.9 Å². The van der Waals surface area contributed by atoms with Crippen molar-refractivity contribution in [3.05, 3.63) is 45.0 Å². The van der Waals surface area contributed by atoms with Crippen LogP contribution in [0.5, 0.6) is 0 Å². The summed E-state index contributed by atoms with van der Waals surface area (Å²) in [6.07, 6.45) is 1.45. The van der Waals surface area contributed by atoms with Crippen molar-refractivity contribution in [2.45, 2.75) is 13.0 Å². The van der Waals surface area contributed by atoms with E-state index < -0.39 is 17.9 Å². The van der Waals surface area contributed by atoms with Gasteiger partial charge < -0.3 is 5.11 Å². The maximum atomic E-state index is 11.7. The minimum absolute atomic E-state index is 0.350. The maximum absolute atomic E-state index is 11.7. The normalized spacial score (nSPS) is 20.5. The number of carboxylic acids is 1. The number of hydrogen-bond donors (Lipinski definition) is 1. The second kappa shape index (κ2) is 5.57. The molecule has 0 fully saturated rings. The summed E-state index contributed by atoms with van der Waals surface area (Å²) in [6, 6.07) is 4.41. The molecule has 0 spiro atoms. The van der Waals surface area contributed by atoms with Crippen molar-refractivity contribution >= 4 is 52.3 Å². The Morgan fingerprint density at radius 3 is 2.59 bits per heavy atom. The van der Waals surface area contributed by atoms with Gasteiger partial charge in [0.25, 0.3) is 0 Å². The second-order valence-electron chi connectivity index (χ2n) is 4.95. The van der Waals surface area contributed by atoms with Crippen LogP contribution >= 0.6 is 34.8 Å². The zero-order valence-electron chi connectivity index (χ0n) is 11.3. The monoisotopic (exact) mass is 357 g/mol. The third kappa shape index (κ3) is 2.39. The second-order valence-corrected chi connectivity index (χ2v) is 6.17. The molecule has 2 aromatic rings. The summed E-state index contributed by atoms with van der Waals surface area (Å²) in [5.41, 5.74) is 1.13. The van der Waals surface area contributed by atoms with Crippen LogP contribution in [0.25, 0.3) is 0 Å². The Balaban J connectivity index is 2.22. The SMILES string of the molecule is CC1=Nc2c(Cl)cnn2C(c2ccc(Cl)c(Cl)c2)C1C(=O)O. The average Bonchev–Trinajstić information content (AvgIpc) is 2.81. The van der Waals surface area contributed by atoms with Crippen LogP contribution in [0.2, 0.25) is 15.1 Å². The van der Waals surface area contributed by atoms with Crippen LogP contribution in [-0.4, -0.2) is 26.6 Å². The summed E-state index contributed by atoms with van der Waals surface area (Å²) in [6.45, 7) is 1.66. The first-order valence-corrected chi connectivity index (χ1v) is 7.49. The van der Waals surface area contributed by atoms with Crippen molar-refractivity contribution in [3.63, 3.8) is 0 Å². The van der Waals surface area contributed by atoms with Crippen molar-refractivity contribution in [1.29, 1.82) is 0 Å². The fourth-order valence-electron chi connectivity index (χ4n) is 2.59. The largest absolute Gasteiger partial charge is 0.481 e. The third-order valence-corrected chi connectivity index (χ3v) is 4.59. The molecule has 0 radical (unpaired) electrons. The first kappa shape index (κ1) is 15.3. The van der Waals surface area contributed by atoms with E-state index in [-0.39, 0.29) is 0 Å². The molecule has 1 aliphatic rings. The van der Waals surface area contributed by atoms with Gasteiger partial charge in [-0.25, -0.2) is 9.67 Å². The van der Waals surface area contributed by atoms with Crippen LogP contribution in [0.3, 0.4) is 0 Å². The molecule has 3 rings (SSSR count). The predicted molar refractivity (Wildman–Crippen MR) is 85.7 cm³/mol. The predicted octanol–water partition coefficient (Wildman–Crippen LogP) is 4.24. The molecule has 1 N–H and O–H groups in total. The van der Waals surface area contributed by atoms with E-state index in [0.717, 1.165) is 0 Å². The number of nitrogens with zero attached hydrogens (tertiary/aromatic N) is 3. The zero-order valence-corrected chi connectivity index (χ0v) is 13.6. The van der Waals surface area contributed by atoms with E-state index >= 15 is 0 Å². The van der Waals surface area contributed by atoms with Crippen molar-refractivity contribution < 1.29 is 9.90 Å². The topological polar surface area (TPSA) is 67.5 Å². The van der Waals surface area contributed by atoms with E-state index in [0.29, 0.717) is 32.2 Å². The van der Waals surface area contributed by atoms with E-state index in [1.807, 2.05) is 0 Å². The van der Waals surface area contributed by atoms with Gasteiger partial charge in [-0.3, -0.25) is 4.79 Å². The molecule has 0 amide bonds. The molecule has 0 saturated heterocycles. The molecule has 1 aromatic carbocycles. The molecule has 2 heterocycles. The number of carbonyl (C=O) groups is 1. The minimum atomic E-state index is -0.991. The van der Waals surface area contributed by atoms with Gasteiger partial charge in [-0.15, -0.1) is 0 Å². The highest BCUT2D eigenvalue weighted by Crippen LogP contribution is 2.40. The molecule has 0 saturated carbocycles. The molecule has 8 heteroatoms. The molecule has 114 valence electrons. The quantitative estimate of drug-likeness (QED) is 0.873. The number of rotatable bonds is 2. The first-order chi connectivity index (χ1) is 10.4. The van der Waals surface area contributed by atoms with Gasteiger partial charge in [-0.05, 0) is 24.6 Å². The molecule has 0 bridgehead atoms. The van der Waals surface area contributed by atoms with Gasteiger partial charge in [-0.2, -0.15) is 5.10 Å². The van der Waals surface area contributed by atoms with Crippen LogP contribution in [0.1, 0.15) is 18.5 Å². The van der Waals surface area contributed by atoms with Gasteiger partial charge in [0.2, 0.25) is 0 Å². The number of aromatic nitrogens is 2. The van der Waals surface area contributed by atoms with Crippen LogP contribution in [0.4, 0.5) is 5.82 Å². The Bertz CT molecular complexity index is 801. The van der Waals surface area contributed by atoms with E-state index in [1.54, 1.807) is 25.1 Å². The van der Waals surface area contributed by atoms with Crippen molar-refractivity contribution in [2.75, 3.05) is 0 Å². The van der Waals surface area contributed by atoms with Gasteiger partial charge >= 0.3 is 5.97 Å². The average molecular weight is 359 g/mol. The number of carboxylic acid groups (broad SMARTS) is 1. The molecular formula is C14H10Cl3N3O2. The fraction of sp³-hybridized carbons (Fsp3) is 0.214. The molecule has 1 aromatic heterocycles. The van der Waals surface area contributed by atoms with E-state index in [1.165, 1.54) is 10.9 Å². The van der Waals surface area contributed by atoms with E-state index in [2.05, 4.69) is 10.1 Å². The Hall–Kier alpha value is -1.56. The Morgan fingerprint density at radius 1 is 1.23 bits per heavy atom. The summed E-state index contributed by atoms with van der Waals surface area (Å²) >= 11 is 18.1. The number of aliphatic carboxylic acids is 1. The Kier molecular flexibility index (Phi) is 3.89. The highest BCUT2D eigenvalue weighted by molar-refractivity contribution is 6.42. The van der Waals surface area contributed by atoms with Crippen molar-refractivity contribution in [3.8, 4) is 0 Å². The zero-order chi connectivity index (χ0) is 16.0. The van der Waals surface area contributed by atoms with E-state index in [4.69, 9.17) is 34.8 Å². The fourth-order valence-corrected chi connectivity index (χ4v) is 3.07. The number of hydrogen-bond acceptors (Lipinski definition) is 3. The van der Waals surface area contributed by atoms with Crippen LogP contribution in [0.15, 0.2) is 29.4 Å². The molecule has 5 nitrogen and oxygen atoms in total. The molecule has 2 atom stereocenters.